The molecule has 0 aliphatic heterocycles. The number of hydrogen-bond acceptors (Lipinski definition) is 5. The van der Waals surface area contributed by atoms with Crippen molar-refractivity contribution in [1.82, 2.24) is 15.3 Å². The van der Waals surface area contributed by atoms with Crippen molar-refractivity contribution in [3.63, 3.8) is 0 Å². The van der Waals surface area contributed by atoms with Gasteiger partial charge < -0.3 is 16.2 Å². The summed E-state index contributed by atoms with van der Waals surface area (Å²) in [4.78, 5) is 41.6. The summed E-state index contributed by atoms with van der Waals surface area (Å²) in [6, 6.07) is 14.2. The van der Waals surface area contributed by atoms with Crippen molar-refractivity contribution in [2.45, 2.75) is 52.0 Å². The molecule has 3 rings (SSSR count). The number of nitrogens with one attached hydrogen (secondary N) is 1. The molecule has 1 atom stereocenters. The third-order valence-electron chi connectivity index (χ3n) is 5.26. The van der Waals surface area contributed by atoms with Crippen LogP contribution in [0.5, 0.6) is 0 Å². The Hall–Kier alpha value is -3.59. The first kappa shape index (κ1) is 28.6. The fourth-order valence-corrected chi connectivity index (χ4v) is 3.25. The molecule has 190 valence electrons. The number of carboxylic acids is 1. The van der Waals surface area contributed by atoms with E-state index < -0.39 is 12.0 Å². The molecule has 3 aromatic rings. The summed E-state index contributed by atoms with van der Waals surface area (Å²) in [5.41, 5.74) is 8.91. The van der Waals surface area contributed by atoms with Crippen LogP contribution in [0.25, 0.3) is 11.4 Å². The molecule has 0 spiro atoms. The Morgan fingerprint density at radius 3 is 2.03 bits per heavy atom. The number of nitrogens with zero attached hydrogens (tertiary/aromatic N) is 2. The van der Waals surface area contributed by atoms with Crippen molar-refractivity contribution in [3.8, 4) is 11.4 Å². The molecule has 2 amide bonds. The summed E-state index contributed by atoms with van der Waals surface area (Å²) in [6.07, 6.45) is 4.15. The van der Waals surface area contributed by atoms with Gasteiger partial charge in [0.1, 0.15) is 6.04 Å². The lowest BCUT2D eigenvalue weighted by Gasteiger charge is -2.18. The number of nitrogens with two attached hydrogens (primary N) is 1. The molecule has 0 unspecified atom stereocenters. The van der Waals surface area contributed by atoms with E-state index in [4.69, 9.17) is 10.8 Å². The van der Waals surface area contributed by atoms with Gasteiger partial charge in [-0.1, -0.05) is 57.2 Å². The van der Waals surface area contributed by atoms with E-state index in [-0.39, 0.29) is 23.7 Å². The van der Waals surface area contributed by atoms with Crippen LogP contribution in [0.1, 0.15) is 55.6 Å². The zero-order valence-electron chi connectivity index (χ0n) is 20.8. The standard InChI is InChI=1S/C16H16BrN3O3.C11H15NO/c1-10(16(22)23)20-14(21)7-4-11-2-5-12(6-3-11)15-18-8-13(17)9-19-15;1-11(2,3)9-6-4-8(5-7-9)10(12)13/h2-3,5-6,8-10H,4,7H2,1H3,(H,20,21)(H,22,23);4-7H,1-3H3,(H2,12,13)/t10-;/m1./s1. The zero-order chi connectivity index (χ0) is 26.9. The molecular weight excluding hydrogens is 524 g/mol. The van der Waals surface area contributed by atoms with E-state index in [1.165, 1.54) is 12.5 Å². The summed E-state index contributed by atoms with van der Waals surface area (Å²) in [5, 5.41) is 11.2. The number of primary amides is 1. The van der Waals surface area contributed by atoms with Crippen molar-refractivity contribution < 1.29 is 19.5 Å². The minimum Gasteiger partial charge on any atom is -0.480 e. The number of carbonyl (C=O) groups excluding carboxylic acids is 2. The second kappa shape index (κ2) is 12.9. The normalized spacial score (nSPS) is 11.6. The first-order valence-electron chi connectivity index (χ1n) is 11.4. The number of amides is 2. The van der Waals surface area contributed by atoms with Crippen LogP contribution in [0.2, 0.25) is 0 Å². The third kappa shape index (κ3) is 9.22. The van der Waals surface area contributed by atoms with Crippen LogP contribution in [0, 0.1) is 0 Å². The highest BCUT2D eigenvalue weighted by Crippen LogP contribution is 2.22. The summed E-state index contributed by atoms with van der Waals surface area (Å²) in [7, 11) is 0. The van der Waals surface area contributed by atoms with Crippen LogP contribution in [0.3, 0.4) is 0 Å². The molecule has 0 aliphatic rings. The Kier molecular flexibility index (Phi) is 10.3. The number of rotatable bonds is 7. The maximum absolute atomic E-state index is 11.7. The molecule has 2 aromatic carbocycles. The fourth-order valence-electron chi connectivity index (χ4n) is 3.05. The van der Waals surface area contributed by atoms with Crippen LogP contribution in [-0.2, 0) is 21.4 Å². The Labute approximate surface area is 219 Å². The number of carbonyl (C=O) groups is 3. The van der Waals surface area contributed by atoms with Crippen molar-refractivity contribution in [1.29, 1.82) is 0 Å². The van der Waals surface area contributed by atoms with Gasteiger partial charge >= 0.3 is 5.97 Å². The highest BCUT2D eigenvalue weighted by Gasteiger charge is 2.14. The quantitative estimate of drug-likeness (QED) is 0.393. The first-order chi connectivity index (χ1) is 16.9. The molecule has 0 saturated carbocycles. The molecule has 8 nitrogen and oxygen atoms in total. The van der Waals surface area contributed by atoms with Gasteiger partial charge in [0.2, 0.25) is 11.8 Å². The van der Waals surface area contributed by atoms with Gasteiger partial charge in [-0.15, -0.1) is 0 Å². The number of benzene rings is 2. The fraction of sp³-hybridized carbons (Fsp3) is 0.296. The SMILES string of the molecule is CC(C)(C)c1ccc(C(N)=O)cc1.C[C@@H](NC(=O)CCc1ccc(-c2ncc(Br)cn2)cc1)C(=O)O. The van der Waals surface area contributed by atoms with Crippen LogP contribution >= 0.6 is 15.9 Å². The largest absolute Gasteiger partial charge is 0.480 e. The van der Waals surface area contributed by atoms with Gasteiger partial charge in [-0.2, -0.15) is 0 Å². The van der Waals surface area contributed by atoms with Gasteiger partial charge in [0, 0.05) is 29.9 Å². The molecule has 36 heavy (non-hydrogen) atoms. The van der Waals surface area contributed by atoms with Gasteiger partial charge in [0.15, 0.2) is 5.82 Å². The lowest BCUT2D eigenvalue weighted by Crippen LogP contribution is -2.38. The lowest BCUT2D eigenvalue weighted by molar-refractivity contribution is -0.141. The monoisotopic (exact) mass is 554 g/mol. The molecule has 9 heteroatoms. The molecular formula is C27H31BrN4O4. The lowest BCUT2D eigenvalue weighted by atomic mass is 9.87. The van der Waals surface area contributed by atoms with Crippen molar-refractivity contribution in [3.05, 3.63) is 82.1 Å². The second-order valence-corrected chi connectivity index (χ2v) is 10.2. The predicted molar refractivity (Wildman–Crippen MR) is 142 cm³/mol. The average molecular weight is 555 g/mol. The van der Waals surface area contributed by atoms with Gasteiger partial charge in [-0.05, 0) is 57.9 Å². The van der Waals surface area contributed by atoms with E-state index in [2.05, 4.69) is 52.0 Å². The smallest absolute Gasteiger partial charge is 0.325 e. The van der Waals surface area contributed by atoms with E-state index in [0.717, 1.165) is 15.6 Å². The van der Waals surface area contributed by atoms with E-state index >= 15 is 0 Å². The Balaban J connectivity index is 0.000000297. The van der Waals surface area contributed by atoms with Gasteiger partial charge in [-0.3, -0.25) is 14.4 Å². The second-order valence-electron chi connectivity index (χ2n) is 9.24. The summed E-state index contributed by atoms with van der Waals surface area (Å²) < 4.78 is 0.819. The zero-order valence-corrected chi connectivity index (χ0v) is 22.4. The maximum atomic E-state index is 11.7. The van der Waals surface area contributed by atoms with Gasteiger partial charge in [0.05, 0.1) is 4.47 Å². The predicted octanol–water partition coefficient (Wildman–Crippen LogP) is 4.51. The van der Waals surface area contributed by atoms with Crippen molar-refractivity contribution >= 4 is 33.7 Å². The van der Waals surface area contributed by atoms with E-state index in [1.807, 2.05) is 36.4 Å². The molecule has 0 bridgehead atoms. The van der Waals surface area contributed by atoms with Crippen molar-refractivity contribution in [2.75, 3.05) is 0 Å². The summed E-state index contributed by atoms with van der Waals surface area (Å²) in [5.74, 6) is -1.06. The number of aromatic nitrogens is 2. The van der Waals surface area contributed by atoms with E-state index in [0.29, 0.717) is 17.8 Å². The molecule has 4 N–H and O–H groups in total. The van der Waals surface area contributed by atoms with E-state index in [9.17, 15) is 14.4 Å². The van der Waals surface area contributed by atoms with Gasteiger partial charge in [-0.25, -0.2) is 9.97 Å². The number of aryl methyl sites for hydroxylation is 1. The maximum Gasteiger partial charge on any atom is 0.325 e. The summed E-state index contributed by atoms with van der Waals surface area (Å²) in [6.45, 7) is 7.83. The molecule has 1 heterocycles. The Bertz CT molecular complexity index is 1170. The Morgan fingerprint density at radius 2 is 1.56 bits per heavy atom. The van der Waals surface area contributed by atoms with Crippen LogP contribution < -0.4 is 11.1 Å². The minimum absolute atomic E-state index is 0.121. The number of carboxylic acid groups (broad SMARTS) is 1. The van der Waals surface area contributed by atoms with E-state index in [1.54, 1.807) is 24.5 Å². The molecule has 0 radical (unpaired) electrons. The third-order valence-corrected chi connectivity index (χ3v) is 5.67. The highest BCUT2D eigenvalue weighted by atomic mass is 79.9. The number of hydrogen-bond donors (Lipinski definition) is 3. The molecule has 0 saturated heterocycles. The minimum atomic E-state index is -1.04. The van der Waals surface area contributed by atoms with Crippen molar-refractivity contribution in [2.24, 2.45) is 5.73 Å². The number of halogens is 1. The summed E-state index contributed by atoms with van der Waals surface area (Å²) >= 11 is 3.29. The van der Waals surface area contributed by atoms with Crippen LogP contribution in [0.15, 0.2) is 65.4 Å². The topological polar surface area (TPSA) is 135 Å². The highest BCUT2D eigenvalue weighted by molar-refractivity contribution is 9.10. The van der Waals surface area contributed by atoms with Crippen LogP contribution in [0.4, 0.5) is 0 Å². The Morgan fingerprint density at radius 1 is 1.00 bits per heavy atom. The van der Waals surface area contributed by atoms with Crippen LogP contribution in [-0.4, -0.2) is 38.9 Å². The number of aliphatic carboxylic acids is 1. The molecule has 1 aromatic heterocycles. The molecule has 0 aliphatic carbocycles. The van der Waals surface area contributed by atoms with Gasteiger partial charge in [0.25, 0.3) is 0 Å². The average Bonchev–Trinajstić information content (AvgIpc) is 2.83. The molecule has 0 fully saturated rings. The first-order valence-corrected chi connectivity index (χ1v) is 12.2.